The number of aliphatic hydroxyl groups excluding tert-OH is 3. The number of aliphatic hydroxyl groups is 3. The monoisotopic (exact) mass is 408 g/mol. The first-order valence-electron chi connectivity index (χ1n) is 8.84. The molecule has 0 spiro atoms. The second-order valence-electron chi connectivity index (χ2n) is 6.44. The fourth-order valence-corrected chi connectivity index (χ4v) is 4.03. The van der Waals surface area contributed by atoms with Crippen molar-refractivity contribution in [1.82, 2.24) is 0 Å². The molecule has 152 valence electrons. The lowest BCUT2D eigenvalue weighted by atomic mass is 10.00. The van der Waals surface area contributed by atoms with Crippen molar-refractivity contribution in [2.75, 3.05) is 13.7 Å². The highest BCUT2D eigenvalue weighted by atomic mass is 32.2. The van der Waals surface area contributed by atoms with Gasteiger partial charge in [0, 0.05) is 4.90 Å². The minimum absolute atomic E-state index is 0.143. The van der Waals surface area contributed by atoms with Crippen LogP contribution in [0.5, 0.6) is 11.5 Å². The van der Waals surface area contributed by atoms with E-state index in [0.717, 1.165) is 16.2 Å². The molecule has 1 fully saturated rings. The van der Waals surface area contributed by atoms with Gasteiger partial charge < -0.3 is 34.6 Å². The van der Waals surface area contributed by atoms with E-state index in [1.54, 1.807) is 31.4 Å². The van der Waals surface area contributed by atoms with Crippen LogP contribution in [-0.2, 0) is 16.1 Å². The Morgan fingerprint density at radius 1 is 1.00 bits per heavy atom. The average Bonchev–Trinajstić information content (AvgIpc) is 2.72. The van der Waals surface area contributed by atoms with E-state index in [0.29, 0.717) is 0 Å². The van der Waals surface area contributed by atoms with Gasteiger partial charge in [0.2, 0.25) is 0 Å². The van der Waals surface area contributed by atoms with Gasteiger partial charge in [-0.25, -0.2) is 0 Å². The number of rotatable bonds is 7. The highest BCUT2D eigenvalue weighted by molar-refractivity contribution is 7.99. The van der Waals surface area contributed by atoms with E-state index in [-0.39, 0.29) is 12.4 Å². The average molecular weight is 408 g/mol. The Labute approximate surface area is 167 Å². The number of hydrogen-bond acceptors (Lipinski definition) is 8. The summed E-state index contributed by atoms with van der Waals surface area (Å²) in [4.78, 5) is 0.793. The van der Waals surface area contributed by atoms with Crippen molar-refractivity contribution in [1.29, 1.82) is 0 Å². The number of ether oxygens (including phenoxy) is 3. The van der Waals surface area contributed by atoms with Gasteiger partial charge in [0.05, 0.1) is 20.3 Å². The lowest BCUT2D eigenvalue weighted by Gasteiger charge is -2.41. The van der Waals surface area contributed by atoms with Crippen LogP contribution >= 0.6 is 11.8 Å². The minimum Gasteiger partial charge on any atom is -0.508 e. The molecule has 5 atom stereocenters. The number of phenolic OH excluding ortho intramolecular Hbond substituents is 1. The van der Waals surface area contributed by atoms with Gasteiger partial charge in [0.15, 0.2) is 0 Å². The number of methoxy groups -OCH3 is 1. The molecule has 0 aromatic heterocycles. The fourth-order valence-electron chi connectivity index (χ4n) is 2.90. The van der Waals surface area contributed by atoms with Crippen LogP contribution in [0.4, 0.5) is 0 Å². The molecule has 1 saturated heterocycles. The highest BCUT2D eigenvalue weighted by Crippen LogP contribution is 2.35. The zero-order valence-corrected chi connectivity index (χ0v) is 16.2. The molecule has 3 rings (SSSR count). The van der Waals surface area contributed by atoms with Crippen molar-refractivity contribution in [3.63, 3.8) is 0 Å². The quantitative estimate of drug-likeness (QED) is 0.546. The van der Waals surface area contributed by atoms with Gasteiger partial charge in [0.25, 0.3) is 0 Å². The molecule has 0 bridgehead atoms. The van der Waals surface area contributed by atoms with Gasteiger partial charge in [-0.3, -0.25) is 0 Å². The van der Waals surface area contributed by atoms with Crippen molar-refractivity contribution in [2.24, 2.45) is 0 Å². The zero-order chi connectivity index (χ0) is 20.1. The van der Waals surface area contributed by atoms with Crippen LogP contribution in [0.2, 0.25) is 0 Å². The SMILES string of the molecule is COc1ccc(CO[C@@H]2[C@@H](O)[C@@H](O)[C@@H](CO)O[C@H]2Sc2ccc(O)cc2)cc1. The third-order valence-electron chi connectivity index (χ3n) is 4.51. The summed E-state index contributed by atoms with van der Waals surface area (Å²) in [6.45, 7) is -0.214. The van der Waals surface area contributed by atoms with E-state index < -0.39 is 36.5 Å². The molecule has 1 heterocycles. The summed E-state index contributed by atoms with van der Waals surface area (Å²) in [5, 5.41) is 39.7. The molecule has 4 N–H and O–H groups in total. The van der Waals surface area contributed by atoms with Crippen molar-refractivity contribution in [3.05, 3.63) is 54.1 Å². The number of aromatic hydroxyl groups is 1. The minimum atomic E-state index is -1.26. The largest absolute Gasteiger partial charge is 0.508 e. The van der Waals surface area contributed by atoms with Gasteiger partial charge in [-0.1, -0.05) is 23.9 Å². The maximum absolute atomic E-state index is 10.6. The third-order valence-corrected chi connectivity index (χ3v) is 5.67. The number of hydrogen-bond donors (Lipinski definition) is 4. The number of thioether (sulfide) groups is 1. The Hall–Kier alpha value is -1.81. The van der Waals surface area contributed by atoms with Gasteiger partial charge in [-0.05, 0) is 42.0 Å². The van der Waals surface area contributed by atoms with E-state index >= 15 is 0 Å². The molecule has 2 aromatic rings. The first-order valence-corrected chi connectivity index (χ1v) is 9.72. The van der Waals surface area contributed by atoms with Crippen LogP contribution < -0.4 is 4.74 Å². The van der Waals surface area contributed by atoms with E-state index in [2.05, 4.69) is 0 Å². The Balaban J connectivity index is 1.73. The van der Waals surface area contributed by atoms with Crippen LogP contribution in [0, 0.1) is 0 Å². The predicted molar refractivity (Wildman–Crippen MR) is 103 cm³/mol. The normalized spacial score (nSPS) is 27.5. The Morgan fingerprint density at radius 2 is 1.68 bits per heavy atom. The summed E-state index contributed by atoms with van der Waals surface area (Å²) in [5.74, 6) is 0.872. The summed E-state index contributed by atoms with van der Waals surface area (Å²) in [6, 6.07) is 13.9. The molecule has 0 amide bonds. The van der Waals surface area contributed by atoms with Gasteiger partial charge >= 0.3 is 0 Å². The second-order valence-corrected chi connectivity index (χ2v) is 7.61. The molecule has 2 aromatic carbocycles. The molecule has 0 radical (unpaired) electrons. The summed E-state index contributed by atoms with van der Waals surface area (Å²) in [6.07, 6.45) is -4.22. The summed E-state index contributed by atoms with van der Waals surface area (Å²) in [5.41, 5.74) is 0.221. The lowest BCUT2D eigenvalue weighted by Crippen LogP contribution is -2.58. The van der Waals surface area contributed by atoms with Crippen LogP contribution in [0.25, 0.3) is 0 Å². The second kappa shape index (κ2) is 9.60. The van der Waals surface area contributed by atoms with Crippen LogP contribution in [0.1, 0.15) is 5.56 Å². The Kier molecular flexibility index (Phi) is 7.17. The maximum Gasteiger partial charge on any atom is 0.137 e. The molecule has 7 nitrogen and oxygen atoms in total. The smallest absolute Gasteiger partial charge is 0.137 e. The molecule has 0 saturated carbocycles. The molecule has 1 aliphatic rings. The summed E-state index contributed by atoms with van der Waals surface area (Å²) >= 11 is 1.29. The van der Waals surface area contributed by atoms with E-state index in [1.807, 2.05) is 24.3 Å². The predicted octanol–water partition coefficient (Wildman–Crippen LogP) is 1.52. The highest BCUT2D eigenvalue weighted by Gasteiger charge is 2.45. The first kappa shape index (κ1) is 20.9. The molecule has 0 aliphatic carbocycles. The molecular weight excluding hydrogens is 384 g/mol. The number of benzene rings is 2. The molecule has 0 unspecified atom stereocenters. The molecular formula is C20H24O7S. The standard InChI is InChI=1S/C20H24O7S/c1-25-14-6-2-12(3-7-14)11-26-19-18(24)17(23)16(10-21)27-20(19)28-15-8-4-13(22)5-9-15/h2-9,16-24H,10-11H2,1H3/t16-,17+,18+,19-,20+/m1/s1. The van der Waals surface area contributed by atoms with Crippen molar-refractivity contribution in [3.8, 4) is 11.5 Å². The van der Waals surface area contributed by atoms with Crippen LogP contribution in [0.15, 0.2) is 53.4 Å². The van der Waals surface area contributed by atoms with Crippen molar-refractivity contribution in [2.45, 2.75) is 41.4 Å². The van der Waals surface area contributed by atoms with Crippen LogP contribution in [0.3, 0.4) is 0 Å². The van der Waals surface area contributed by atoms with Crippen molar-refractivity contribution < 1.29 is 34.6 Å². The van der Waals surface area contributed by atoms with Gasteiger partial charge in [0.1, 0.15) is 41.4 Å². The first-order chi connectivity index (χ1) is 13.5. The summed E-state index contributed by atoms with van der Waals surface area (Å²) < 4.78 is 16.8. The van der Waals surface area contributed by atoms with Crippen molar-refractivity contribution >= 4 is 11.8 Å². The topological polar surface area (TPSA) is 109 Å². The molecule has 28 heavy (non-hydrogen) atoms. The zero-order valence-electron chi connectivity index (χ0n) is 15.3. The van der Waals surface area contributed by atoms with E-state index in [4.69, 9.17) is 14.2 Å². The van der Waals surface area contributed by atoms with E-state index in [9.17, 15) is 20.4 Å². The molecule has 8 heteroatoms. The Bertz CT molecular complexity index is 737. The Morgan fingerprint density at radius 3 is 2.29 bits per heavy atom. The lowest BCUT2D eigenvalue weighted by molar-refractivity contribution is -0.221. The van der Waals surface area contributed by atoms with Gasteiger partial charge in [-0.2, -0.15) is 0 Å². The fraction of sp³-hybridized carbons (Fsp3) is 0.400. The third kappa shape index (κ3) is 4.96. The summed E-state index contributed by atoms with van der Waals surface area (Å²) in [7, 11) is 1.59. The molecule has 1 aliphatic heterocycles. The van der Waals surface area contributed by atoms with E-state index in [1.165, 1.54) is 11.8 Å². The van der Waals surface area contributed by atoms with Gasteiger partial charge in [-0.15, -0.1) is 0 Å². The van der Waals surface area contributed by atoms with Crippen LogP contribution in [-0.4, -0.2) is 64.0 Å². The number of phenols is 1. The maximum atomic E-state index is 10.6.